The topological polar surface area (TPSA) is 105 Å². The van der Waals surface area contributed by atoms with Crippen molar-refractivity contribution in [1.82, 2.24) is 19.8 Å². The molecule has 0 radical (unpaired) electrons. The van der Waals surface area contributed by atoms with Crippen LogP contribution in [0.3, 0.4) is 0 Å². The summed E-state index contributed by atoms with van der Waals surface area (Å²) in [6.45, 7) is 6.70. The number of sulfonamides is 1. The summed E-state index contributed by atoms with van der Waals surface area (Å²) in [5.74, 6) is 0.162. The molecule has 3 unspecified atom stereocenters. The van der Waals surface area contributed by atoms with Gasteiger partial charge < -0.3 is 9.84 Å². The molecule has 0 saturated carbocycles. The molecule has 0 bridgehead atoms. The first-order chi connectivity index (χ1) is 16.1. The van der Waals surface area contributed by atoms with Crippen molar-refractivity contribution in [3.05, 3.63) is 65.8 Å². The number of carbonyl (C=O) groups excluding carboxylic acids is 1. The Morgan fingerprint density at radius 3 is 2.50 bits per heavy atom. The second-order valence-electron chi connectivity index (χ2n) is 8.95. The second kappa shape index (κ2) is 9.63. The summed E-state index contributed by atoms with van der Waals surface area (Å²) >= 11 is 0. The van der Waals surface area contributed by atoms with Crippen LogP contribution in [0.5, 0.6) is 0 Å². The van der Waals surface area contributed by atoms with Gasteiger partial charge >= 0.3 is 0 Å². The highest BCUT2D eigenvalue weighted by Gasteiger charge is 2.32. The van der Waals surface area contributed by atoms with E-state index in [1.807, 2.05) is 13.8 Å². The molecule has 0 spiro atoms. The number of rotatable bonds is 6. The molecular weight excluding hydrogens is 459 g/mol. The monoisotopic (exact) mass is 486 g/mol. The average Bonchev–Trinajstić information content (AvgIpc) is 3.29. The molecule has 4 rings (SSSR count). The zero-order valence-electron chi connectivity index (χ0n) is 19.2. The number of amides is 1. The lowest BCUT2D eigenvalue weighted by molar-refractivity contribution is 0.0932. The summed E-state index contributed by atoms with van der Waals surface area (Å²) in [6, 6.07) is 11.0. The predicted molar refractivity (Wildman–Crippen MR) is 124 cm³/mol. The van der Waals surface area contributed by atoms with Gasteiger partial charge in [0.15, 0.2) is 0 Å². The maximum Gasteiger partial charge on any atom is 0.251 e. The summed E-state index contributed by atoms with van der Waals surface area (Å²) in [7, 11) is -3.71. The molecule has 10 heteroatoms. The van der Waals surface area contributed by atoms with Crippen molar-refractivity contribution in [2.45, 2.75) is 38.1 Å². The van der Waals surface area contributed by atoms with Gasteiger partial charge in [0.2, 0.25) is 21.7 Å². The van der Waals surface area contributed by atoms with Crippen LogP contribution in [0.2, 0.25) is 0 Å². The fourth-order valence-corrected chi connectivity index (χ4v) is 5.94. The predicted octanol–water partition coefficient (Wildman–Crippen LogP) is 4.03. The molecular formula is C24H27FN4O4S. The highest BCUT2D eigenvalue weighted by atomic mass is 32.2. The Balaban J connectivity index is 1.48. The number of hydrogen-bond donors (Lipinski definition) is 1. The minimum absolute atomic E-state index is 0.0884. The van der Waals surface area contributed by atoms with E-state index in [1.165, 1.54) is 40.7 Å². The van der Waals surface area contributed by atoms with E-state index in [2.05, 4.69) is 15.5 Å². The molecule has 34 heavy (non-hydrogen) atoms. The Labute approximate surface area is 198 Å². The van der Waals surface area contributed by atoms with E-state index in [-0.39, 0.29) is 39.8 Å². The van der Waals surface area contributed by atoms with Crippen LogP contribution in [-0.4, -0.2) is 41.9 Å². The minimum atomic E-state index is -3.71. The number of benzene rings is 2. The maximum absolute atomic E-state index is 13.2. The minimum Gasteiger partial charge on any atom is -0.341 e. The molecule has 2 aromatic carbocycles. The normalized spacial score (nSPS) is 20.1. The van der Waals surface area contributed by atoms with E-state index in [4.69, 9.17) is 4.52 Å². The molecule has 180 valence electrons. The standard InChI is InChI=1S/C24H27FN4O4S/c1-15-11-16(2)14-29(13-15)34(31,32)21-6-4-5-19(12-21)23(30)26-17(3)24-27-22(28-33-24)18-7-9-20(25)10-8-18/h4-10,12,15-17H,11,13-14H2,1-3H3,(H,26,30). The molecule has 0 aliphatic carbocycles. The van der Waals surface area contributed by atoms with Crippen LogP contribution >= 0.6 is 0 Å². The van der Waals surface area contributed by atoms with Crippen molar-refractivity contribution < 1.29 is 22.1 Å². The fraction of sp³-hybridized carbons (Fsp3) is 0.375. The second-order valence-corrected chi connectivity index (χ2v) is 10.9. The third-order valence-corrected chi connectivity index (χ3v) is 7.66. The van der Waals surface area contributed by atoms with Crippen molar-refractivity contribution in [2.24, 2.45) is 11.8 Å². The Bertz CT molecular complexity index is 1270. The zero-order chi connectivity index (χ0) is 24.5. The number of halogens is 1. The lowest BCUT2D eigenvalue weighted by Crippen LogP contribution is -2.42. The van der Waals surface area contributed by atoms with Crippen molar-refractivity contribution in [2.75, 3.05) is 13.1 Å². The highest BCUT2D eigenvalue weighted by molar-refractivity contribution is 7.89. The lowest BCUT2D eigenvalue weighted by Gasteiger charge is -2.34. The van der Waals surface area contributed by atoms with Gasteiger partial charge in [-0.3, -0.25) is 4.79 Å². The van der Waals surface area contributed by atoms with Crippen LogP contribution in [0.15, 0.2) is 57.9 Å². The van der Waals surface area contributed by atoms with E-state index in [0.29, 0.717) is 18.7 Å². The largest absolute Gasteiger partial charge is 0.341 e. The Kier molecular flexibility index (Phi) is 6.81. The number of carbonyl (C=O) groups is 1. The SMILES string of the molecule is CC1CC(C)CN(S(=O)(=O)c2cccc(C(=O)NC(C)c3nc(-c4ccc(F)cc4)no3)c2)C1. The molecule has 1 amide bonds. The Hall–Kier alpha value is -3.11. The summed E-state index contributed by atoms with van der Waals surface area (Å²) in [5.41, 5.74) is 0.790. The highest BCUT2D eigenvalue weighted by Crippen LogP contribution is 2.27. The first-order valence-electron chi connectivity index (χ1n) is 11.1. The molecule has 3 atom stereocenters. The summed E-state index contributed by atoms with van der Waals surface area (Å²) in [6.07, 6.45) is 0.991. The number of nitrogens with one attached hydrogen (secondary N) is 1. The van der Waals surface area contributed by atoms with Gasteiger partial charge in [-0.25, -0.2) is 12.8 Å². The lowest BCUT2D eigenvalue weighted by atomic mass is 9.94. The van der Waals surface area contributed by atoms with Gasteiger partial charge in [-0.05, 0) is 67.6 Å². The van der Waals surface area contributed by atoms with Gasteiger partial charge in [-0.15, -0.1) is 0 Å². The van der Waals surface area contributed by atoms with Gasteiger partial charge in [0.1, 0.15) is 11.9 Å². The molecule has 3 aromatic rings. The molecule has 1 aromatic heterocycles. The number of hydrogen-bond acceptors (Lipinski definition) is 6. The van der Waals surface area contributed by atoms with E-state index >= 15 is 0 Å². The maximum atomic E-state index is 13.2. The van der Waals surface area contributed by atoms with E-state index < -0.39 is 22.0 Å². The third-order valence-electron chi connectivity index (χ3n) is 5.83. The summed E-state index contributed by atoms with van der Waals surface area (Å²) in [5, 5.41) is 6.64. The number of nitrogens with zero attached hydrogens (tertiary/aromatic N) is 3. The number of aromatic nitrogens is 2. The quantitative estimate of drug-likeness (QED) is 0.564. The van der Waals surface area contributed by atoms with E-state index in [0.717, 1.165) is 6.42 Å². The van der Waals surface area contributed by atoms with E-state index in [9.17, 15) is 17.6 Å². The van der Waals surface area contributed by atoms with Crippen LogP contribution in [0.1, 0.15) is 49.5 Å². The summed E-state index contributed by atoms with van der Waals surface area (Å²) in [4.78, 5) is 17.2. The van der Waals surface area contributed by atoms with Crippen LogP contribution in [-0.2, 0) is 10.0 Å². The first-order valence-corrected chi connectivity index (χ1v) is 12.6. The summed E-state index contributed by atoms with van der Waals surface area (Å²) < 4.78 is 46.3. The smallest absolute Gasteiger partial charge is 0.251 e. The Morgan fingerprint density at radius 1 is 1.15 bits per heavy atom. The number of piperidine rings is 1. The molecule has 1 aliphatic rings. The molecule has 1 saturated heterocycles. The van der Waals surface area contributed by atoms with E-state index in [1.54, 1.807) is 19.1 Å². The zero-order valence-corrected chi connectivity index (χ0v) is 20.0. The van der Waals surface area contributed by atoms with Crippen molar-refractivity contribution in [3.8, 4) is 11.4 Å². The van der Waals surface area contributed by atoms with Crippen LogP contribution in [0.25, 0.3) is 11.4 Å². The van der Waals surface area contributed by atoms with Gasteiger partial charge in [-0.2, -0.15) is 9.29 Å². The van der Waals surface area contributed by atoms with Crippen LogP contribution in [0.4, 0.5) is 4.39 Å². The molecule has 1 fully saturated rings. The van der Waals surface area contributed by atoms with Gasteiger partial charge in [-0.1, -0.05) is 25.1 Å². The van der Waals surface area contributed by atoms with Crippen LogP contribution < -0.4 is 5.32 Å². The third kappa shape index (κ3) is 5.18. The first kappa shape index (κ1) is 24.0. The van der Waals surface area contributed by atoms with Crippen molar-refractivity contribution >= 4 is 15.9 Å². The molecule has 1 N–H and O–H groups in total. The van der Waals surface area contributed by atoms with Gasteiger partial charge in [0.25, 0.3) is 5.91 Å². The van der Waals surface area contributed by atoms with Crippen LogP contribution in [0, 0.1) is 17.7 Å². The average molecular weight is 487 g/mol. The fourth-order valence-electron chi connectivity index (χ4n) is 4.22. The van der Waals surface area contributed by atoms with Crippen molar-refractivity contribution in [1.29, 1.82) is 0 Å². The van der Waals surface area contributed by atoms with Gasteiger partial charge in [0.05, 0.1) is 4.90 Å². The van der Waals surface area contributed by atoms with Gasteiger partial charge in [0, 0.05) is 24.2 Å². The molecule has 8 nitrogen and oxygen atoms in total. The molecule has 2 heterocycles. The molecule has 1 aliphatic heterocycles. The Morgan fingerprint density at radius 2 is 1.82 bits per heavy atom. The van der Waals surface area contributed by atoms with Crippen molar-refractivity contribution in [3.63, 3.8) is 0 Å².